The Labute approximate surface area is 165 Å². The zero-order valence-corrected chi connectivity index (χ0v) is 16.7. The molecule has 5 nitrogen and oxygen atoms in total. The van der Waals surface area contributed by atoms with Crippen molar-refractivity contribution >= 4 is 68.9 Å². The molecule has 2 aromatic carbocycles. The van der Waals surface area contributed by atoms with Crippen molar-refractivity contribution in [2.45, 2.75) is 0 Å². The van der Waals surface area contributed by atoms with Crippen LogP contribution in [-0.2, 0) is 4.79 Å². The average molecular weight is 557 g/mol. The SMILES string of the molecule is O=C(COc1ccc(Cl)cc1)N/N=C\c1cc(I)c(O)c(I)c1. The van der Waals surface area contributed by atoms with E-state index < -0.39 is 0 Å². The number of phenols is 1. The molecule has 0 heterocycles. The summed E-state index contributed by atoms with van der Waals surface area (Å²) in [4.78, 5) is 11.6. The predicted molar refractivity (Wildman–Crippen MR) is 106 cm³/mol. The maximum Gasteiger partial charge on any atom is 0.277 e. The van der Waals surface area contributed by atoms with Gasteiger partial charge in [0.05, 0.1) is 13.4 Å². The summed E-state index contributed by atoms with van der Waals surface area (Å²) in [5, 5.41) is 14.2. The van der Waals surface area contributed by atoms with Gasteiger partial charge >= 0.3 is 0 Å². The number of benzene rings is 2. The van der Waals surface area contributed by atoms with Gasteiger partial charge < -0.3 is 9.84 Å². The molecule has 0 saturated carbocycles. The summed E-state index contributed by atoms with van der Waals surface area (Å²) in [5.41, 5.74) is 3.15. The monoisotopic (exact) mass is 556 g/mol. The van der Waals surface area contributed by atoms with Crippen LogP contribution < -0.4 is 10.2 Å². The Morgan fingerprint density at radius 2 is 1.87 bits per heavy atom. The Bertz CT molecular complexity index is 713. The largest absolute Gasteiger partial charge is 0.506 e. The molecular formula is C15H11ClI2N2O3. The number of hydrazone groups is 1. The van der Waals surface area contributed by atoms with Crippen LogP contribution >= 0.6 is 56.8 Å². The molecule has 0 saturated heterocycles. The Morgan fingerprint density at radius 3 is 2.48 bits per heavy atom. The molecule has 0 radical (unpaired) electrons. The van der Waals surface area contributed by atoms with Crippen LogP contribution in [0.2, 0.25) is 5.02 Å². The second kappa shape index (κ2) is 8.69. The lowest BCUT2D eigenvalue weighted by Gasteiger charge is -2.05. The second-order valence-electron chi connectivity index (χ2n) is 4.37. The van der Waals surface area contributed by atoms with Crippen LogP contribution in [0.3, 0.4) is 0 Å². The van der Waals surface area contributed by atoms with Crippen molar-refractivity contribution in [3.8, 4) is 11.5 Å². The lowest BCUT2D eigenvalue weighted by molar-refractivity contribution is -0.123. The highest BCUT2D eigenvalue weighted by molar-refractivity contribution is 14.1. The molecule has 0 fully saturated rings. The normalized spacial score (nSPS) is 10.7. The Balaban J connectivity index is 1.85. The van der Waals surface area contributed by atoms with E-state index in [0.717, 1.165) is 5.56 Å². The van der Waals surface area contributed by atoms with E-state index in [0.29, 0.717) is 17.9 Å². The molecule has 0 aliphatic rings. The number of hydrogen-bond acceptors (Lipinski definition) is 4. The van der Waals surface area contributed by atoms with Crippen LogP contribution in [0.1, 0.15) is 5.56 Å². The van der Waals surface area contributed by atoms with Crippen LogP contribution in [0.5, 0.6) is 11.5 Å². The third-order valence-corrected chi connectivity index (χ3v) is 4.52. The van der Waals surface area contributed by atoms with E-state index in [2.05, 4.69) is 10.5 Å². The number of carbonyl (C=O) groups excluding carboxylic acids is 1. The first-order valence-corrected chi connectivity index (χ1v) is 8.87. The van der Waals surface area contributed by atoms with Gasteiger partial charge in [-0.15, -0.1) is 0 Å². The number of amides is 1. The maximum absolute atomic E-state index is 11.6. The third kappa shape index (κ3) is 5.81. The van der Waals surface area contributed by atoms with Gasteiger partial charge in [-0.3, -0.25) is 4.79 Å². The summed E-state index contributed by atoms with van der Waals surface area (Å²) in [5.74, 6) is 0.416. The standard InChI is InChI=1S/C15H11ClI2N2O3/c16-10-1-3-11(4-2-10)23-8-14(21)20-19-7-9-5-12(17)15(22)13(18)6-9/h1-7,22H,8H2,(H,20,21)/b19-7-. The Kier molecular flexibility index (Phi) is 6.90. The first kappa shape index (κ1) is 18.3. The fraction of sp³-hybridized carbons (Fsp3) is 0.0667. The highest BCUT2D eigenvalue weighted by Crippen LogP contribution is 2.26. The number of ether oxygens (including phenoxy) is 1. The summed E-state index contributed by atoms with van der Waals surface area (Å²) < 4.78 is 6.73. The van der Waals surface area contributed by atoms with E-state index >= 15 is 0 Å². The van der Waals surface area contributed by atoms with E-state index in [9.17, 15) is 9.90 Å². The van der Waals surface area contributed by atoms with Crippen LogP contribution in [-0.4, -0.2) is 23.8 Å². The van der Waals surface area contributed by atoms with E-state index in [4.69, 9.17) is 16.3 Å². The summed E-state index contributed by atoms with van der Waals surface area (Å²) in [6.45, 7) is -0.149. The van der Waals surface area contributed by atoms with Gasteiger partial charge in [0.1, 0.15) is 11.5 Å². The number of hydrogen-bond donors (Lipinski definition) is 2. The highest BCUT2D eigenvalue weighted by atomic mass is 127. The fourth-order valence-electron chi connectivity index (χ4n) is 1.55. The molecule has 0 atom stereocenters. The number of rotatable bonds is 5. The van der Waals surface area contributed by atoms with Crippen molar-refractivity contribution in [1.82, 2.24) is 5.43 Å². The smallest absolute Gasteiger partial charge is 0.277 e. The van der Waals surface area contributed by atoms with Crippen molar-refractivity contribution < 1.29 is 14.6 Å². The van der Waals surface area contributed by atoms with Crippen LogP contribution in [0.25, 0.3) is 0 Å². The van der Waals surface area contributed by atoms with E-state index in [1.165, 1.54) is 6.21 Å². The molecule has 120 valence electrons. The molecule has 8 heteroatoms. The van der Waals surface area contributed by atoms with Crippen molar-refractivity contribution in [2.75, 3.05) is 6.61 Å². The maximum atomic E-state index is 11.6. The molecule has 0 unspecified atom stereocenters. The molecule has 2 aromatic rings. The van der Waals surface area contributed by atoms with Gasteiger partial charge in [0.25, 0.3) is 5.91 Å². The lowest BCUT2D eigenvalue weighted by Crippen LogP contribution is -2.24. The second-order valence-corrected chi connectivity index (χ2v) is 7.13. The molecule has 2 N–H and O–H groups in total. The molecule has 1 amide bonds. The summed E-state index contributed by atoms with van der Waals surface area (Å²) >= 11 is 9.82. The third-order valence-electron chi connectivity index (χ3n) is 2.63. The highest BCUT2D eigenvalue weighted by Gasteiger charge is 2.05. The quantitative estimate of drug-likeness (QED) is 0.335. The van der Waals surface area contributed by atoms with E-state index in [-0.39, 0.29) is 18.3 Å². The lowest BCUT2D eigenvalue weighted by atomic mass is 10.2. The number of phenolic OH excluding ortho intramolecular Hbond substituents is 1. The van der Waals surface area contributed by atoms with Gasteiger partial charge in [0.15, 0.2) is 6.61 Å². The topological polar surface area (TPSA) is 70.9 Å². The Morgan fingerprint density at radius 1 is 1.26 bits per heavy atom. The molecule has 23 heavy (non-hydrogen) atoms. The van der Waals surface area contributed by atoms with E-state index in [1.54, 1.807) is 36.4 Å². The van der Waals surface area contributed by atoms with Gasteiger partial charge in [0.2, 0.25) is 0 Å². The number of aromatic hydroxyl groups is 1. The van der Waals surface area contributed by atoms with Gasteiger partial charge in [-0.2, -0.15) is 5.10 Å². The molecule has 2 rings (SSSR count). The van der Waals surface area contributed by atoms with Gasteiger partial charge in [0, 0.05) is 5.02 Å². The van der Waals surface area contributed by atoms with E-state index in [1.807, 2.05) is 45.2 Å². The summed E-state index contributed by atoms with van der Waals surface area (Å²) in [6, 6.07) is 10.2. The van der Waals surface area contributed by atoms with Gasteiger partial charge in [-0.05, 0) is 87.1 Å². The molecule has 0 spiro atoms. The zero-order chi connectivity index (χ0) is 16.8. The molecular weight excluding hydrogens is 545 g/mol. The number of halogens is 3. The minimum Gasteiger partial charge on any atom is -0.506 e. The molecule has 0 bridgehead atoms. The molecule has 0 aliphatic carbocycles. The van der Waals surface area contributed by atoms with Crippen LogP contribution in [0, 0.1) is 7.14 Å². The minimum absolute atomic E-state index is 0.149. The average Bonchev–Trinajstić information content (AvgIpc) is 2.52. The zero-order valence-electron chi connectivity index (χ0n) is 11.6. The number of carbonyl (C=O) groups is 1. The number of nitrogens with one attached hydrogen (secondary N) is 1. The van der Waals surface area contributed by atoms with Crippen molar-refractivity contribution in [3.05, 3.63) is 54.1 Å². The number of nitrogens with zero attached hydrogens (tertiary/aromatic N) is 1. The molecule has 0 aromatic heterocycles. The van der Waals surface area contributed by atoms with Gasteiger partial charge in [-0.25, -0.2) is 5.43 Å². The van der Waals surface area contributed by atoms with Crippen LogP contribution in [0.15, 0.2) is 41.5 Å². The predicted octanol–water partition coefficient (Wildman–Crippen LogP) is 3.78. The fourth-order valence-corrected chi connectivity index (χ4v) is 3.49. The Hall–Kier alpha value is -1.07. The first-order chi connectivity index (χ1) is 11.0. The van der Waals surface area contributed by atoms with Crippen LogP contribution in [0.4, 0.5) is 0 Å². The summed E-state index contributed by atoms with van der Waals surface area (Å²) in [7, 11) is 0. The summed E-state index contributed by atoms with van der Waals surface area (Å²) in [6.07, 6.45) is 1.50. The first-order valence-electron chi connectivity index (χ1n) is 6.34. The molecule has 0 aliphatic heterocycles. The van der Waals surface area contributed by atoms with Crippen molar-refractivity contribution in [3.63, 3.8) is 0 Å². The minimum atomic E-state index is -0.376. The van der Waals surface area contributed by atoms with Crippen molar-refractivity contribution in [1.29, 1.82) is 0 Å². The van der Waals surface area contributed by atoms with Crippen molar-refractivity contribution in [2.24, 2.45) is 5.10 Å². The van der Waals surface area contributed by atoms with Gasteiger partial charge in [-0.1, -0.05) is 11.6 Å².